The summed E-state index contributed by atoms with van der Waals surface area (Å²) < 4.78 is 5.78. The molecule has 3 heteroatoms. The summed E-state index contributed by atoms with van der Waals surface area (Å²) in [5.41, 5.74) is 0.453. The maximum absolute atomic E-state index is 14.1. The summed E-state index contributed by atoms with van der Waals surface area (Å²) in [5.74, 6) is 2.14. The van der Waals surface area contributed by atoms with Crippen molar-refractivity contribution in [3.63, 3.8) is 0 Å². The van der Waals surface area contributed by atoms with Gasteiger partial charge in [0.25, 0.3) is 0 Å². The first kappa shape index (κ1) is 24.8. The number of carbonyl (C=O) groups excluding carboxylic acids is 2. The van der Waals surface area contributed by atoms with Crippen LogP contribution in [0.15, 0.2) is 0 Å². The Morgan fingerprint density at radius 3 is 2.15 bits per heavy atom. The first-order valence-corrected chi connectivity index (χ1v) is 14.3. The van der Waals surface area contributed by atoms with Crippen molar-refractivity contribution in [2.75, 3.05) is 7.11 Å². The van der Waals surface area contributed by atoms with Gasteiger partial charge >= 0.3 is 5.97 Å². The molecule has 5 saturated carbocycles. The van der Waals surface area contributed by atoms with E-state index in [0.717, 1.165) is 44.9 Å². The molecule has 0 bridgehead atoms. The SMILES string of the molecule is COC(=O)[C@]12CC[C@@]3(C)CCC(C)(C)C[C@H]3[C@]1(C)CC[C@@]1(C)[C@@H]3CCC(=O)[C@H](C)[C@@]3(C)CC[C@@H]12. The molecule has 3 nitrogen and oxygen atoms in total. The van der Waals surface area contributed by atoms with Crippen LogP contribution in [-0.4, -0.2) is 18.9 Å². The summed E-state index contributed by atoms with van der Waals surface area (Å²) in [5, 5.41) is 0. The lowest BCUT2D eigenvalue weighted by Crippen LogP contribution is -2.70. The highest BCUT2D eigenvalue weighted by atomic mass is 16.5. The van der Waals surface area contributed by atoms with E-state index in [0.29, 0.717) is 34.4 Å². The maximum Gasteiger partial charge on any atom is 0.312 e. The van der Waals surface area contributed by atoms with Crippen LogP contribution in [0.2, 0.25) is 0 Å². The molecule has 5 aliphatic carbocycles. The number of hydrogen-bond acceptors (Lipinski definition) is 3. The molecule has 5 fully saturated rings. The predicted molar refractivity (Wildman–Crippen MR) is 136 cm³/mol. The molecule has 0 spiro atoms. The first-order valence-electron chi connectivity index (χ1n) is 14.3. The lowest BCUT2D eigenvalue weighted by Gasteiger charge is -2.74. The molecule has 192 valence electrons. The minimum absolute atomic E-state index is 0.0151. The van der Waals surface area contributed by atoms with E-state index >= 15 is 0 Å². The average molecular weight is 471 g/mol. The van der Waals surface area contributed by atoms with Gasteiger partial charge in [0.15, 0.2) is 0 Å². The highest BCUT2D eigenvalue weighted by Gasteiger charge is 2.75. The molecule has 9 atom stereocenters. The molecule has 0 aromatic carbocycles. The van der Waals surface area contributed by atoms with Gasteiger partial charge in [-0.3, -0.25) is 9.59 Å². The number of carbonyl (C=O) groups is 2. The third-order valence-electron chi connectivity index (χ3n) is 13.7. The van der Waals surface area contributed by atoms with Crippen LogP contribution in [0, 0.1) is 56.2 Å². The Labute approximate surface area is 208 Å². The Morgan fingerprint density at radius 1 is 0.794 bits per heavy atom. The minimum atomic E-state index is -0.391. The van der Waals surface area contributed by atoms with Crippen LogP contribution < -0.4 is 0 Å². The Bertz CT molecular complexity index is 891. The fourth-order valence-electron chi connectivity index (χ4n) is 11.4. The normalized spacial score (nSPS) is 54.2. The number of rotatable bonds is 1. The molecule has 0 aromatic rings. The van der Waals surface area contributed by atoms with Crippen molar-refractivity contribution in [2.24, 2.45) is 56.2 Å². The van der Waals surface area contributed by atoms with Gasteiger partial charge in [0.05, 0.1) is 12.5 Å². The van der Waals surface area contributed by atoms with Gasteiger partial charge in [-0.05, 0) is 109 Å². The van der Waals surface area contributed by atoms with Gasteiger partial charge in [-0.2, -0.15) is 0 Å². The number of Topliss-reactive ketones (excluding diaryl/α,β-unsaturated/α-hetero) is 1. The van der Waals surface area contributed by atoms with E-state index in [9.17, 15) is 9.59 Å². The van der Waals surface area contributed by atoms with Crippen molar-refractivity contribution in [3.8, 4) is 0 Å². The topological polar surface area (TPSA) is 43.4 Å². The third-order valence-corrected chi connectivity index (χ3v) is 13.7. The molecule has 0 N–H and O–H groups in total. The lowest BCUT2D eigenvalue weighted by molar-refractivity contribution is -0.264. The molecule has 0 aliphatic heterocycles. The van der Waals surface area contributed by atoms with E-state index < -0.39 is 5.41 Å². The van der Waals surface area contributed by atoms with Gasteiger partial charge in [0.2, 0.25) is 0 Å². The second-order valence-corrected chi connectivity index (χ2v) is 15.3. The maximum atomic E-state index is 14.1. The number of ketones is 1. The fraction of sp³-hybridized carbons (Fsp3) is 0.935. The molecule has 5 rings (SSSR count). The average Bonchev–Trinajstić information content (AvgIpc) is 2.78. The lowest BCUT2D eigenvalue weighted by atomic mass is 9.29. The number of hydrogen-bond donors (Lipinski definition) is 0. The quantitative estimate of drug-likeness (QED) is 0.370. The molecular weight excluding hydrogens is 420 g/mol. The molecular formula is C31H50O3. The van der Waals surface area contributed by atoms with Crippen molar-refractivity contribution >= 4 is 11.8 Å². The number of esters is 1. The van der Waals surface area contributed by atoms with E-state index in [1.54, 1.807) is 7.11 Å². The Morgan fingerprint density at radius 2 is 1.47 bits per heavy atom. The summed E-state index contributed by atoms with van der Waals surface area (Å²) >= 11 is 0. The molecule has 0 amide bonds. The van der Waals surface area contributed by atoms with Crippen LogP contribution in [0.3, 0.4) is 0 Å². The largest absolute Gasteiger partial charge is 0.469 e. The highest BCUT2D eigenvalue weighted by molar-refractivity contribution is 5.83. The van der Waals surface area contributed by atoms with Crippen LogP contribution in [0.5, 0.6) is 0 Å². The smallest absolute Gasteiger partial charge is 0.312 e. The van der Waals surface area contributed by atoms with Gasteiger partial charge in [-0.25, -0.2) is 0 Å². The van der Waals surface area contributed by atoms with Crippen molar-refractivity contribution < 1.29 is 14.3 Å². The molecule has 5 aliphatic rings. The molecule has 0 unspecified atom stereocenters. The zero-order valence-electron chi connectivity index (χ0n) is 23.3. The summed E-state index contributed by atoms with van der Waals surface area (Å²) in [7, 11) is 1.64. The third kappa shape index (κ3) is 2.88. The van der Waals surface area contributed by atoms with Crippen molar-refractivity contribution in [1.82, 2.24) is 0 Å². The van der Waals surface area contributed by atoms with Crippen molar-refractivity contribution in [2.45, 2.75) is 119 Å². The Hall–Kier alpha value is -0.860. The summed E-state index contributed by atoms with van der Waals surface area (Å²) in [4.78, 5) is 26.9. The van der Waals surface area contributed by atoms with Gasteiger partial charge in [0.1, 0.15) is 5.78 Å². The fourth-order valence-corrected chi connectivity index (χ4v) is 11.4. The van der Waals surface area contributed by atoms with Crippen LogP contribution in [0.1, 0.15) is 119 Å². The molecule has 0 saturated heterocycles. The van der Waals surface area contributed by atoms with Crippen LogP contribution in [0.4, 0.5) is 0 Å². The summed E-state index contributed by atoms with van der Waals surface area (Å²) in [6.45, 7) is 17.1. The van der Waals surface area contributed by atoms with Crippen LogP contribution in [0.25, 0.3) is 0 Å². The molecule has 34 heavy (non-hydrogen) atoms. The molecule has 0 radical (unpaired) electrons. The second kappa shape index (κ2) is 7.34. The van der Waals surface area contributed by atoms with Crippen LogP contribution in [-0.2, 0) is 14.3 Å². The van der Waals surface area contributed by atoms with Gasteiger partial charge in [0, 0.05) is 12.3 Å². The molecule has 0 aromatic heterocycles. The van der Waals surface area contributed by atoms with Gasteiger partial charge in [-0.15, -0.1) is 0 Å². The van der Waals surface area contributed by atoms with Crippen molar-refractivity contribution in [1.29, 1.82) is 0 Å². The van der Waals surface area contributed by atoms with E-state index in [2.05, 4.69) is 48.5 Å². The first-order chi connectivity index (χ1) is 15.7. The van der Waals surface area contributed by atoms with Crippen molar-refractivity contribution in [3.05, 3.63) is 0 Å². The predicted octanol–water partition coefficient (Wildman–Crippen LogP) is 7.61. The summed E-state index contributed by atoms with van der Waals surface area (Å²) in [6, 6.07) is 0. The minimum Gasteiger partial charge on any atom is -0.469 e. The summed E-state index contributed by atoms with van der Waals surface area (Å²) in [6.07, 6.45) is 12.2. The van der Waals surface area contributed by atoms with E-state index in [1.807, 2.05) is 0 Å². The number of ether oxygens (including phenoxy) is 1. The monoisotopic (exact) mass is 470 g/mol. The van der Waals surface area contributed by atoms with E-state index in [-0.39, 0.29) is 28.1 Å². The van der Waals surface area contributed by atoms with Gasteiger partial charge < -0.3 is 4.74 Å². The zero-order valence-corrected chi connectivity index (χ0v) is 23.3. The number of fused-ring (bicyclic) bond motifs is 7. The standard InChI is InChI=1S/C31H50O3/c1-20-21(32)9-10-22-28(20,5)12-11-23-29(22,6)16-17-30(7)24-19-26(2,3)13-14-27(24,4)15-18-31(23,30)25(33)34-8/h20,22-24H,9-19H2,1-8H3/t20-,22+,23-,24+,27+,28+,29-,30-,31+/m0/s1. The number of methoxy groups -OCH3 is 1. The van der Waals surface area contributed by atoms with Crippen LogP contribution >= 0.6 is 0 Å². The zero-order chi connectivity index (χ0) is 24.9. The van der Waals surface area contributed by atoms with Gasteiger partial charge in [-0.1, -0.05) is 48.5 Å². The Balaban J connectivity index is 1.64. The highest BCUT2D eigenvalue weighted by Crippen LogP contribution is 2.78. The second-order valence-electron chi connectivity index (χ2n) is 15.3. The Kier molecular flexibility index (Phi) is 5.36. The van der Waals surface area contributed by atoms with E-state index in [1.165, 1.54) is 25.7 Å². The van der Waals surface area contributed by atoms with E-state index in [4.69, 9.17) is 4.74 Å². The molecule has 0 heterocycles.